The molecule has 164 valence electrons. The maximum atomic E-state index is 6.07. The normalized spacial score (nSPS) is 26.3. The summed E-state index contributed by atoms with van der Waals surface area (Å²) in [6.07, 6.45) is 17.0. The highest BCUT2D eigenvalue weighted by molar-refractivity contribution is 5.16. The van der Waals surface area contributed by atoms with Gasteiger partial charge in [-0.1, -0.05) is 85.0 Å². The molecule has 0 amide bonds. The van der Waals surface area contributed by atoms with Crippen molar-refractivity contribution >= 4 is 0 Å². The second kappa shape index (κ2) is 12.0. The molecular formula is C28H34O3. The molecule has 2 heterocycles. The lowest BCUT2D eigenvalue weighted by atomic mass is 10.1. The molecule has 31 heavy (non-hydrogen) atoms. The average molecular weight is 419 g/mol. The van der Waals surface area contributed by atoms with E-state index in [0.29, 0.717) is 0 Å². The van der Waals surface area contributed by atoms with Gasteiger partial charge in [-0.2, -0.15) is 0 Å². The molecule has 3 heteroatoms. The van der Waals surface area contributed by atoms with Crippen LogP contribution < -0.4 is 0 Å². The minimum Gasteiger partial charge on any atom is -0.345 e. The molecule has 2 aromatic rings. The summed E-state index contributed by atoms with van der Waals surface area (Å²) >= 11 is 0. The Balaban J connectivity index is 1.10. The van der Waals surface area contributed by atoms with E-state index in [1.54, 1.807) is 0 Å². The fraction of sp³-hybridized carbons (Fsp3) is 0.429. The molecule has 0 bridgehead atoms. The highest BCUT2D eigenvalue weighted by Crippen LogP contribution is 2.28. The van der Waals surface area contributed by atoms with E-state index < -0.39 is 0 Å². The van der Waals surface area contributed by atoms with Gasteiger partial charge < -0.3 is 14.2 Å². The van der Waals surface area contributed by atoms with Crippen LogP contribution >= 0.6 is 0 Å². The molecule has 4 rings (SSSR count). The molecule has 2 saturated heterocycles. The number of benzene rings is 2. The first-order valence-corrected chi connectivity index (χ1v) is 11.7. The third-order valence-corrected chi connectivity index (χ3v) is 5.92. The zero-order valence-electron chi connectivity index (χ0n) is 18.3. The Morgan fingerprint density at radius 1 is 0.645 bits per heavy atom. The molecule has 0 N–H and O–H groups in total. The minimum atomic E-state index is -0.144. The van der Waals surface area contributed by atoms with Gasteiger partial charge in [0.05, 0.1) is 12.2 Å². The van der Waals surface area contributed by atoms with Crippen molar-refractivity contribution in [2.45, 2.75) is 76.2 Å². The SMILES string of the molecule is C(=C\C1CCC(OC2CCC(/C=C/CCc3ccccc3)O2)O1)/CCc1ccccc1. The number of allylic oxidation sites excluding steroid dienone is 2. The maximum absolute atomic E-state index is 6.07. The van der Waals surface area contributed by atoms with Gasteiger partial charge in [0.25, 0.3) is 0 Å². The fourth-order valence-electron chi connectivity index (χ4n) is 4.20. The highest BCUT2D eigenvalue weighted by atomic mass is 16.8. The van der Waals surface area contributed by atoms with Crippen LogP contribution in [0.3, 0.4) is 0 Å². The first-order valence-electron chi connectivity index (χ1n) is 11.7. The van der Waals surface area contributed by atoms with E-state index in [0.717, 1.165) is 51.4 Å². The second-order valence-corrected chi connectivity index (χ2v) is 8.40. The summed E-state index contributed by atoms with van der Waals surface area (Å²) in [6.45, 7) is 0. The first kappa shape index (κ1) is 22.0. The van der Waals surface area contributed by atoms with Gasteiger partial charge in [-0.15, -0.1) is 0 Å². The van der Waals surface area contributed by atoms with E-state index in [1.165, 1.54) is 11.1 Å². The third-order valence-electron chi connectivity index (χ3n) is 5.92. The summed E-state index contributed by atoms with van der Waals surface area (Å²) in [5.74, 6) is 0. The van der Waals surface area contributed by atoms with Crippen molar-refractivity contribution < 1.29 is 14.2 Å². The smallest absolute Gasteiger partial charge is 0.161 e. The van der Waals surface area contributed by atoms with Crippen molar-refractivity contribution in [2.24, 2.45) is 0 Å². The van der Waals surface area contributed by atoms with Crippen molar-refractivity contribution in [1.82, 2.24) is 0 Å². The number of hydrogen-bond donors (Lipinski definition) is 0. The predicted octanol–water partition coefficient (Wildman–Crippen LogP) is 6.39. The second-order valence-electron chi connectivity index (χ2n) is 8.40. The summed E-state index contributed by atoms with van der Waals surface area (Å²) in [5, 5.41) is 0. The summed E-state index contributed by atoms with van der Waals surface area (Å²) in [6, 6.07) is 21.2. The Labute approximate surface area is 186 Å². The Bertz CT molecular complexity index is 745. The lowest BCUT2D eigenvalue weighted by Crippen LogP contribution is -2.22. The van der Waals surface area contributed by atoms with E-state index in [9.17, 15) is 0 Å². The Morgan fingerprint density at radius 2 is 1.10 bits per heavy atom. The van der Waals surface area contributed by atoms with Crippen LogP contribution in [-0.4, -0.2) is 24.8 Å². The van der Waals surface area contributed by atoms with E-state index in [1.807, 2.05) is 0 Å². The van der Waals surface area contributed by atoms with Crippen molar-refractivity contribution in [1.29, 1.82) is 0 Å². The largest absolute Gasteiger partial charge is 0.345 e. The molecule has 2 aromatic carbocycles. The quantitative estimate of drug-likeness (QED) is 0.418. The lowest BCUT2D eigenvalue weighted by molar-refractivity contribution is -0.225. The zero-order chi connectivity index (χ0) is 21.1. The van der Waals surface area contributed by atoms with Crippen molar-refractivity contribution in [3.63, 3.8) is 0 Å². The van der Waals surface area contributed by atoms with Gasteiger partial charge in [0, 0.05) is 12.8 Å². The Hall–Kier alpha value is -2.20. The molecular weight excluding hydrogens is 384 g/mol. The molecule has 2 aliphatic heterocycles. The van der Waals surface area contributed by atoms with Crippen LogP contribution in [0.5, 0.6) is 0 Å². The maximum Gasteiger partial charge on any atom is 0.161 e. The summed E-state index contributed by atoms with van der Waals surface area (Å²) in [5.41, 5.74) is 2.76. The van der Waals surface area contributed by atoms with Crippen LogP contribution in [0.1, 0.15) is 49.7 Å². The standard InChI is InChI=1S/C28H34O3/c1-3-11-23(12-4-1)15-7-9-17-25-19-21-27(29-25)31-28-22-20-26(30-28)18-10-8-16-24-13-5-2-6-14-24/h1-6,9-14,17-18,25-28H,7-8,15-16,19-22H2/b17-9+,18-10+. The minimum absolute atomic E-state index is 0.144. The van der Waals surface area contributed by atoms with Crippen molar-refractivity contribution in [3.8, 4) is 0 Å². The summed E-state index contributed by atoms with van der Waals surface area (Å²) < 4.78 is 18.2. The molecule has 0 saturated carbocycles. The van der Waals surface area contributed by atoms with Gasteiger partial charge in [0.15, 0.2) is 12.6 Å². The molecule has 2 fully saturated rings. The molecule has 3 nitrogen and oxygen atoms in total. The zero-order valence-corrected chi connectivity index (χ0v) is 18.3. The van der Waals surface area contributed by atoms with Gasteiger partial charge in [-0.05, 0) is 49.7 Å². The first-order chi connectivity index (χ1) is 15.3. The molecule has 0 aromatic heterocycles. The Morgan fingerprint density at radius 3 is 1.55 bits per heavy atom. The van der Waals surface area contributed by atoms with Crippen molar-refractivity contribution in [2.75, 3.05) is 0 Å². The average Bonchev–Trinajstić information content (AvgIpc) is 3.45. The number of aryl methyl sites for hydroxylation is 2. The fourth-order valence-corrected chi connectivity index (χ4v) is 4.20. The van der Waals surface area contributed by atoms with E-state index >= 15 is 0 Å². The summed E-state index contributed by atoms with van der Waals surface area (Å²) in [4.78, 5) is 0. The molecule has 0 aliphatic carbocycles. The van der Waals surface area contributed by atoms with Gasteiger partial charge >= 0.3 is 0 Å². The molecule has 0 radical (unpaired) electrons. The molecule has 4 unspecified atom stereocenters. The van der Waals surface area contributed by atoms with Crippen LogP contribution in [0.4, 0.5) is 0 Å². The molecule has 4 atom stereocenters. The van der Waals surface area contributed by atoms with Crippen molar-refractivity contribution in [3.05, 3.63) is 96.1 Å². The van der Waals surface area contributed by atoms with Crippen LogP contribution in [0, 0.1) is 0 Å². The van der Waals surface area contributed by atoms with Gasteiger partial charge in [-0.3, -0.25) is 0 Å². The predicted molar refractivity (Wildman–Crippen MR) is 125 cm³/mol. The third kappa shape index (κ3) is 7.46. The van der Waals surface area contributed by atoms with Crippen LogP contribution in [0.25, 0.3) is 0 Å². The monoisotopic (exact) mass is 418 g/mol. The summed E-state index contributed by atoms with van der Waals surface area (Å²) in [7, 11) is 0. The van der Waals surface area contributed by atoms with Gasteiger partial charge in [0.1, 0.15) is 0 Å². The number of rotatable bonds is 10. The van der Waals surface area contributed by atoms with Crippen LogP contribution in [0.15, 0.2) is 85.0 Å². The topological polar surface area (TPSA) is 27.7 Å². The van der Waals surface area contributed by atoms with Gasteiger partial charge in [-0.25, -0.2) is 0 Å². The Kier molecular flexibility index (Phi) is 8.52. The van der Waals surface area contributed by atoms with E-state index in [2.05, 4.69) is 85.0 Å². The van der Waals surface area contributed by atoms with E-state index in [-0.39, 0.29) is 24.8 Å². The van der Waals surface area contributed by atoms with Crippen LogP contribution in [-0.2, 0) is 27.1 Å². The molecule has 0 spiro atoms. The number of ether oxygens (including phenoxy) is 3. The molecule has 2 aliphatic rings. The number of hydrogen-bond acceptors (Lipinski definition) is 3. The lowest BCUT2D eigenvalue weighted by Gasteiger charge is -2.18. The van der Waals surface area contributed by atoms with Gasteiger partial charge in [0.2, 0.25) is 0 Å². The van der Waals surface area contributed by atoms with Crippen LogP contribution in [0.2, 0.25) is 0 Å². The highest BCUT2D eigenvalue weighted by Gasteiger charge is 2.31. The van der Waals surface area contributed by atoms with E-state index in [4.69, 9.17) is 14.2 Å².